The Labute approximate surface area is 124 Å². The maximum Gasteiger partial charge on any atom is 0.102 e. The molecule has 2 nitrogen and oxygen atoms in total. The maximum absolute atomic E-state index is 10.4. The van der Waals surface area contributed by atoms with E-state index in [9.17, 15) is 5.11 Å². The minimum Gasteiger partial charge on any atom is -0.384 e. The van der Waals surface area contributed by atoms with Gasteiger partial charge in [0, 0.05) is 48.6 Å². The Morgan fingerprint density at radius 1 is 1.20 bits per heavy atom. The number of aliphatic hydroxyl groups is 1. The van der Waals surface area contributed by atoms with Crippen LogP contribution in [-0.4, -0.2) is 22.5 Å². The van der Waals surface area contributed by atoms with Crippen LogP contribution >= 0.6 is 0 Å². The fraction of sp³-hybridized carbons (Fsp3) is 0.917. The zero-order valence-corrected chi connectivity index (χ0v) is 12.4. The Morgan fingerprint density at radius 3 is 1.87 bits per heavy atom. The summed E-state index contributed by atoms with van der Waals surface area (Å²) >= 11 is 0. The summed E-state index contributed by atoms with van der Waals surface area (Å²) in [5, 5.41) is 10.4. The second kappa shape index (κ2) is 8.95. The monoisotopic (exact) mass is 368 g/mol. The van der Waals surface area contributed by atoms with E-state index in [1.54, 1.807) is 0 Å². The normalized spacial score (nSPS) is 12.9. The average Bonchev–Trinajstić information content (AvgIpc) is 2.03. The molecule has 1 radical (unpaired) electrons. The van der Waals surface area contributed by atoms with Crippen LogP contribution in [0.3, 0.4) is 0 Å². The smallest absolute Gasteiger partial charge is 0.102 e. The van der Waals surface area contributed by atoms with E-state index < -0.39 is 5.60 Å². The first-order valence-corrected chi connectivity index (χ1v) is 5.73. The zero-order valence-electron chi connectivity index (χ0n) is 10.6. The van der Waals surface area contributed by atoms with Crippen LogP contribution in [0.15, 0.2) is 4.99 Å². The van der Waals surface area contributed by atoms with Gasteiger partial charge in [-0.1, -0.05) is 26.7 Å². The second-order valence-corrected chi connectivity index (χ2v) is 4.34. The summed E-state index contributed by atoms with van der Waals surface area (Å²) < 4.78 is 0. The molecule has 1 N–H and O–H groups in total. The molecule has 0 fully saturated rings. The third kappa shape index (κ3) is 6.91. The predicted molar refractivity (Wildman–Crippen MR) is 63.0 cm³/mol. The van der Waals surface area contributed by atoms with E-state index in [0.717, 1.165) is 31.4 Å². The molecule has 0 saturated carbocycles. The first kappa shape index (κ1) is 18.2. The van der Waals surface area contributed by atoms with E-state index in [0.29, 0.717) is 0 Å². The van der Waals surface area contributed by atoms with E-state index in [-0.39, 0.29) is 42.9 Å². The molecule has 0 aromatic carbocycles. The van der Waals surface area contributed by atoms with Crippen molar-refractivity contribution in [3.8, 4) is 0 Å². The van der Waals surface area contributed by atoms with Crippen LogP contribution in [0.1, 0.15) is 60.3 Å². The van der Waals surface area contributed by atoms with Gasteiger partial charge in [-0.25, -0.2) is 0 Å². The summed E-state index contributed by atoms with van der Waals surface area (Å²) in [6, 6.07) is 0.273. The van der Waals surface area contributed by atoms with Crippen LogP contribution in [0.4, 0.5) is 0 Å². The molecular weight excluding hydrogens is 343 g/mol. The summed E-state index contributed by atoms with van der Waals surface area (Å²) in [5.74, 6) is 0. The molecule has 97 valence electrons. The minimum atomic E-state index is -0.659. The van der Waals surface area contributed by atoms with Gasteiger partial charge in [0.2, 0.25) is 0 Å². The molecule has 0 aromatic heterocycles. The van der Waals surface area contributed by atoms with E-state index in [4.69, 9.17) is 0 Å². The van der Waals surface area contributed by atoms with Crippen molar-refractivity contribution in [2.75, 3.05) is 0 Å². The van der Waals surface area contributed by atoms with Gasteiger partial charge in [-0.15, -0.1) is 0 Å². The van der Waals surface area contributed by atoms with Crippen LogP contribution in [0.25, 0.3) is 0 Å². The Kier molecular flexibility index (Phi) is 10.9. The van der Waals surface area contributed by atoms with Crippen molar-refractivity contribution in [2.24, 2.45) is 4.99 Å². The number of hydrogen-bond acceptors (Lipinski definition) is 2. The SMILES string of the molecule is CCCC(O)(CCC)C(C)=NC(C)C.[Tm]. The van der Waals surface area contributed by atoms with Gasteiger partial charge in [0.05, 0.1) is 0 Å². The van der Waals surface area contributed by atoms with Gasteiger partial charge < -0.3 is 5.11 Å². The molecular formula is C12H25NOTm. The summed E-state index contributed by atoms with van der Waals surface area (Å²) in [6.45, 7) is 10.2. The van der Waals surface area contributed by atoms with Crippen LogP contribution in [0.5, 0.6) is 0 Å². The molecule has 0 bridgehead atoms. The van der Waals surface area contributed by atoms with Gasteiger partial charge in [0.25, 0.3) is 0 Å². The quantitative estimate of drug-likeness (QED) is 0.718. The summed E-state index contributed by atoms with van der Waals surface area (Å²) in [5.41, 5.74) is 0.240. The first-order valence-electron chi connectivity index (χ1n) is 5.73. The molecule has 15 heavy (non-hydrogen) atoms. The maximum atomic E-state index is 10.4. The van der Waals surface area contributed by atoms with Crippen molar-refractivity contribution in [3.63, 3.8) is 0 Å². The van der Waals surface area contributed by atoms with Crippen LogP contribution in [0, 0.1) is 36.9 Å². The van der Waals surface area contributed by atoms with Crippen molar-refractivity contribution in [1.29, 1.82) is 0 Å². The number of aliphatic imine (C=N–C) groups is 1. The average molecular weight is 368 g/mol. The Morgan fingerprint density at radius 2 is 1.60 bits per heavy atom. The Balaban J connectivity index is 0. The third-order valence-corrected chi connectivity index (χ3v) is 2.45. The van der Waals surface area contributed by atoms with Gasteiger partial charge in [-0.05, 0) is 33.6 Å². The molecule has 0 aliphatic heterocycles. The largest absolute Gasteiger partial charge is 0.384 e. The Hall–Kier alpha value is 0.864. The van der Waals surface area contributed by atoms with Crippen molar-refractivity contribution in [1.82, 2.24) is 0 Å². The Bertz CT molecular complexity index is 184. The van der Waals surface area contributed by atoms with Crippen molar-refractivity contribution < 1.29 is 42.0 Å². The molecule has 0 atom stereocenters. The van der Waals surface area contributed by atoms with Crippen molar-refractivity contribution in [2.45, 2.75) is 71.9 Å². The van der Waals surface area contributed by atoms with E-state index in [2.05, 4.69) is 18.8 Å². The number of nitrogens with zero attached hydrogens (tertiary/aromatic N) is 1. The first-order chi connectivity index (χ1) is 6.46. The van der Waals surface area contributed by atoms with Gasteiger partial charge >= 0.3 is 0 Å². The molecule has 0 spiro atoms. The van der Waals surface area contributed by atoms with E-state index >= 15 is 0 Å². The van der Waals surface area contributed by atoms with Crippen molar-refractivity contribution in [3.05, 3.63) is 0 Å². The van der Waals surface area contributed by atoms with E-state index in [1.165, 1.54) is 0 Å². The molecule has 0 unspecified atom stereocenters. The molecule has 0 heterocycles. The fourth-order valence-electron chi connectivity index (χ4n) is 1.82. The number of hydrogen-bond donors (Lipinski definition) is 1. The summed E-state index contributed by atoms with van der Waals surface area (Å²) in [4.78, 5) is 4.45. The van der Waals surface area contributed by atoms with Crippen LogP contribution in [0.2, 0.25) is 0 Å². The molecule has 0 aromatic rings. The third-order valence-electron chi connectivity index (χ3n) is 2.45. The fourth-order valence-corrected chi connectivity index (χ4v) is 1.82. The van der Waals surface area contributed by atoms with Crippen LogP contribution in [-0.2, 0) is 0 Å². The molecule has 3 heteroatoms. The van der Waals surface area contributed by atoms with Gasteiger partial charge in [0.15, 0.2) is 0 Å². The van der Waals surface area contributed by atoms with Gasteiger partial charge in [-0.3, -0.25) is 4.99 Å². The van der Waals surface area contributed by atoms with Gasteiger partial charge in [0.1, 0.15) is 5.60 Å². The minimum absolute atomic E-state index is 0. The predicted octanol–water partition coefficient (Wildman–Crippen LogP) is 3.19. The summed E-state index contributed by atoms with van der Waals surface area (Å²) in [7, 11) is 0. The molecule has 0 rings (SSSR count). The van der Waals surface area contributed by atoms with Crippen LogP contribution < -0.4 is 0 Å². The van der Waals surface area contributed by atoms with Gasteiger partial charge in [-0.2, -0.15) is 0 Å². The van der Waals surface area contributed by atoms with E-state index in [1.807, 2.05) is 20.8 Å². The molecule has 0 aliphatic rings. The summed E-state index contributed by atoms with van der Waals surface area (Å²) in [6.07, 6.45) is 3.65. The topological polar surface area (TPSA) is 32.6 Å². The number of rotatable bonds is 6. The van der Waals surface area contributed by atoms with Crippen molar-refractivity contribution >= 4 is 5.71 Å². The molecule has 0 saturated heterocycles. The standard InChI is InChI=1S/C12H25NO.Tm/c1-6-8-12(14,9-7-2)11(5)13-10(3)4;/h10,14H,6-9H2,1-5H3;. The molecule has 0 aliphatic carbocycles. The molecule has 0 amide bonds. The zero-order chi connectivity index (χ0) is 11.2. The second-order valence-electron chi connectivity index (χ2n) is 4.34.